The lowest BCUT2D eigenvalue weighted by molar-refractivity contribution is -0.116. The van der Waals surface area contributed by atoms with Crippen molar-refractivity contribution < 1.29 is 14.3 Å². The number of ether oxygens (including phenoxy) is 1. The van der Waals surface area contributed by atoms with Crippen LogP contribution in [0.5, 0.6) is 0 Å². The minimum Gasteiger partial charge on any atom is -0.465 e. The molecule has 0 saturated heterocycles. The van der Waals surface area contributed by atoms with Gasteiger partial charge in [0, 0.05) is 4.88 Å². The molecule has 0 bridgehead atoms. The zero-order valence-electron chi connectivity index (χ0n) is 14.6. The summed E-state index contributed by atoms with van der Waals surface area (Å²) in [6, 6.07) is 1.77. The van der Waals surface area contributed by atoms with E-state index in [1.54, 1.807) is 19.9 Å². The fraction of sp³-hybridized carbons (Fsp3) is 0.312. The topological polar surface area (TPSA) is 103 Å². The van der Waals surface area contributed by atoms with Gasteiger partial charge < -0.3 is 10.1 Å². The van der Waals surface area contributed by atoms with Crippen LogP contribution in [-0.4, -0.2) is 33.5 Å². The molecule has 26 heavy (non-hydrogen) atoms. The van der Waals surface area contributed by atoms with Crippen molar-refractivity contribution in [2.24, 2.45) is 0 Å². The van der Waals surface area contributed by atoms with E-state index in [0.717, 1.165) is 16.2 Å². The number of hydrogen-bond donors (Lipinski definition) is 1. The number of anilines is 1. The number of aryl methyl sites for hydroxylation is 3. The van der Waals surface area contributed by atoms with Crippen LogP contribution in [0.3, 0.4) is 0 Å². The summed E-state index contributed by atoms with van der Waals surface area (Å²) in [6.07, 6.45) is 0. The highest BCUT2D eigenvalue weighted by molar-refractivity contribution is 7.18. The Morgan fingerprint density at radius 3 is 2.65 bits per heavy atom. The van der Waals surface area contributed by atoms with Crippen molar-refractivity contribution in [1.29, 1.82) is 0 Å². The molecule has 0 radical (unpaired) electrons. The number of thiazole rings is 1. The summed E-state index contributed by atoms with van der Waals surface area (Å²) in [5, 5.41) is 3.39. The zero-order chi connectivity index (χ0) is 19.0. The van der Waals surface area contributed by atoms with Gasteiger partial charge in [-0.3, -0.25) is 14.2 Å². The zero-order valence-corrected chi connectivity index (χ0v) is 16.2. The van der Waals surface area contributed by atoms with Crippen LogP contribution in [-0.2, 0) is 16.1 Å². The van der Waals surface area contributed by atoms with Gasteiger partial charge in [-0.15, -0.1) is 11.3 Å². The Labute approximate surface area is 156 Å². The summed E-state index contributed by atoms with van der Waals surface area (Å²) < 4.78 is 6.00. The van der Waals surface area contributed by atoms with Gasteiger partial charge in [-0.25, -0.2) is 14.8 Å². The highest BCUT2D eigenvalue weighted by atomic mass is 32.1. The molecule has 0 spiro atoms. The number of aromatic nitrogens is 3. The molecule has 0 unspecified atom stereocenters. The number of nitrogens with one attached hydrogen (secondary N) is 1. The third kappa shape index (κ3) is 3.37. The van der Waals surface area contributed by atoms with Crippen LogP contribution < -0.4 is 10.9 Å². The van der Waals surface area contributed by atoms with Crippen molar-refractivity contribution in [1.82, 2.24) is 14.5 Å². The second-order valence-corrected chi connectivity index (χ2v) is 7.83. The van der Waals surface area contributed by atoms with Crippen LogP contribution in [0.1, 0.15) is 26.1 Å². The van der Waals surface area contributed by atoms with Gasteiger partial charge >= 0.3 is 5.97 Å². The SMILES string of the molecule is COC(=O)c1sc(NC(=O)Cn2c(C)nc3sc(C)cc3c2=O)nc1C. The summed E-state index contributed by atoms with van der Waals surface area (Å²) in [5.41, 5.74) is 0.222. The maximum absolute atomic E-state index is 12.6. The molecule has 10 heteroatoms. The van der Waals surface area contributed by atoms with Gasteiger partial charge in [0.2, 0.25) is 5.91 Å². The molecule has 136 valence electrons. The summed E-state index contributed by atoms with van der Waals surface area (Å²) in [6.45, 7) is 5.06. The standard InChI is InChI=1S/C16H16N4O4S2/c1-7-5-10-13(25-7)18-9(3)20(14(10)22)6-11(21)19-16-17-8(2)12(26-16)15(23)24-4/h5H,6H2,1-4H3,(H,17,19,21). The minimum atomic E-state index is -0.505. The van der Waals surface area contributed by atoms with Crippen molar-refractivity contribution in [3.05, 3.63) is 37.7 Å². The number of thiophene rings is 1. The molecule has 3 aromatic rings. The molecule has 0 atom stereocenters. The number of methoxy groups -OCH3 is 1. The third-order valence-electron chi connectivity index (χ3n) is 3.68. The van der Waals surface area contributed by atoms with Gasteiger partial charge in [0.1, 0.15) is 22.1 Å². The number of fused-ring (bicyclic) bond motifs is 1. The molecule has 1 N–H and O–H groups in total. The Morgan fingerprint density at radius 1 is 1.23 bits per heavy atom. The molecule has 0 aromatic carbocycles. The van der Waals surface area contributed by atoms with E-state index in [9.17, 15) is 14.4 Å². The number of hydrogen-bond acceptors (Lipinski definition) is 8. The maximum atomic E-state index is 12.6. The monoisotopic (exact) mass is 392 g/mol. The minimum absolute atomic E-state index is 0.186. The van der Waals surface area contributed by atoms with Crippen LogP contribution in [0.25, 0.3) is 10.2 Å². The first-order valence-electron chi connectivity index (χ1n) is 7.63. The summed E-state index contributed by atoms with van der Waals surface area (Å²) in [7, 11) is 1.28. The van der Waals surface area contributed by atoms with E-state index in [1.165, 1.54) is 23.0 Å². The normalized spacial score (nSPS) is 10.9. The van der Waals surface area contributed by atoms with Gasteiger partial charge in [0.25, 0.3) is 5.56 Å². The molecule has 0 aliphatic carbocycles. The smallest absolute Gasteiger partial charge is 0.350 e. The number of carbonyl (C=O) groups excluding carboxylic acids is 2. The molecule has 3 aromatic heterocycles. The molecule has 0 saturated carbocycles. The number of amides is 1. The van der Waals surface area contributed by atoms with Crippen molar-refractivity contribution in [3.8, 4) is 0 Å². The van der Waals surface area contributed by atoms with Crippen molar-refractivity contribution in [2.75, 3.05) is 12.4 Å². The van der Waals surface area contributed by atoms with E-state index in [-0.39, 0.29) is 17.2 Å². The second-order valence-electron chi connectivity index (χ2n) is 5.60. The summed E-state index contributed by atoms with van der Waals surface area (Å²) >= 11 is 2.47. The van der Waals surface area contributed by atoms with E-state index in [0.29, 0.717) is 26.6 Å². The average Bonchev–Trinajstić information content (AvgIpc) is 3.12. The first-order valence-corrected chi connectivity index (χ1v) is 9.26. The van der Waals surface area contributed by atoms with Crippen LogP contribution in [0, 0.1) is 20.8 Å². The van der Waals surface area contributed by atoms with Crippen LogP contribution in [0.4, 0.5) is 5.13 Å². The second kappa shape index (κ2) is 6.96. The highest BCUT2D eigenvalue weighted by Crippen LogP contribution is 2.23. The van der Waals surface area contributed by atoms with Gasteiger partial charge in [0.15, 0.2) is 5.13 Å². The van der Waals surface area contributed by atoms with E-state index in [2.05, 4.69) is 20.0 Å². The largest absolute Gasteiger partial charge is 0.465 e. The van der Waals surface area contributed by atoms with Crippen LogP contribution >= 0.6 is 22.7 Å². The van der Waals surface area contributed by atoms with Crippen LogP contribution in [0.2, 0.25) is 0 Å². The van der Waals surface area contributed by atoms with Gasteiger partial charge in [-0.05, 0) is 26.8 Å². The Kier molecular flexibility index (Phi) is 4.88. The van der Waals surface area contributed by atoms with Crippen molar-refractivity contribution >= 4 is 49.9 Å². The van der Waals surface area contributed by atoms with Gasteiger partial charge in [-0.2, -0.15) is 0 Å². The highest BCUT2D eigenvalue weighted by Gasteiger charge is 2.18. The van der Waals surface area contributed by atoms with Gasteiger partial charge in [0.05, 0.1) is 18.2 Å². The molecule has 3 heterocycles. The Hall–Kier alpha value is -2.59. The average molecular weight is 392 g/mol. The Balaban J connectivity index is 1.84. The molecule has 0 aliphatic rings. The number of carbonyl (C=O) groups is 2. The lowest BCUT2D eigenvalue weighted by atomic mass is 10.3. The quantitative estimate of drug-likeness (QED) is 0.683. The van der Waals surface area contributed by atoms with E-state index in [1.807, 2.05) is 6.92 Å². The molecule has 1 amide bonds. The van der Waals surface area contributed by atoms with Crippen molar-refractivity contribution in [3.63, 3.8) is 0 Å². The van der Waals surface area contributed by atoms with E-state index < -0.39 is 11.9 Å². The van der Waals surface area contributed by atoms with E-state index >= 15 is 0 Å². The third-order valence-corrected chi connectivity index (χ3v) is 5.68. The lowest BCUT2D eigenvalue weighted by Gasteiger charge is -2.08. The fourth-order valence-electron chi connectivity index (χ4n) is 2.46. The summed E-state index contributed by atoms with van der Waals surface area (Å²) in [4.78, 5) is 47.1. The fourth-order valence-corrected chi connectivity index (χ4v) is 4.27. The van der Waals surface area contributed by atoms with E-state index in [4.69, 9.17) is 0 Å². The summed E-state index contributed by atoms with van der Waals surface area (Å²) in [5.74, 6) is -0.464. The van der Waals surface area contributed by atoms with Crippen LogP contribution in [0.15, 0.2) is 10.9 Å². The first kappa shape index (κ1) is 18.2. The Bertz CT molecular complexity index is 1080. The maximum Gasteiger partial charge on any atom is 0.350 e. The lowest BCUT2D eigenvalue weighted by Crippen LogP contribution is -2.29. The Morgan fingerprint density at radius 2 is 1.96 bits per heavy atom. The predicted molar refractivity (Wildman–Crippen MR) is 100 cm³/mol. The number of esters is 1. The number of nitrogens with zero attached hydrogens (tertiary/aromatic N) is 3. The molecule has 0 aliphatic heterocycles. The molecule has 0 fully saturated rings. The van der Waals surface area contributed by atoms with Gasteiger partial charge in [-0.1, -0.05) is 11.3 Å². The molecule has 3 rings (SSSR count). The molecular formula is C16H16N4O4S2. The number of rotatable bonds is 4. The molecular weight excluding hydrogens is 376 g/mol. The van der Waals surface area contributed by atoms with Crippen molar-refractivity contribution in [2.45, 2.75) is 27.3 Å². The molecule has 8 nitrogen and oxygen atoms in total. The first-order chi connectivity index (χ1) is 12.3. The predicted octanol–water partition coefficient (Wildman–Crippen LogP) is 2.27.